The van der Waals surface area contributed by atoms with Crippen molar-refractivity contribution in [2.24, 2.45) is 0 Å². The minimum atomic E-state index is 0.834. The smallest absolute Gasteiger partial charge is 0.134 e. The van der Waals surface area contributed by atoms with E-state index in [1.54, 1.807) is 0 Å². The molecule has 27 heavy (non-hydrogen) atoms. The summed E-state index contributed by atoms with van der Waals surface area (Å²) in [7, 11) is 0. The Morgan fingerprint density at radius 1 is 0.852 bits per heavy atom. The fourth-order valence-electron chi connectivity index (χ4n) is 3.37. The van der Waals surface area contributed by atoms with Crippen LogP contribution in [0.3, 0.4) is 0 Å². The molecule has 0 spiro atoms. The minimum Gasteiger partial charge on any atom is -0.461 e. The SMILES string of the molecule is C=C(CCc1oc2ccccc2c1C)Nc1ccc(-c2ccccc2)cc1. The average molecular weight is 353 g/mol. The molecule has 0 amide bonds. The molecule has 4 rings (SSSR count). The molecule has 2 nitrogen and oxygen atoms in total. The Hall–Kier alpha value is -3.26. The molecule has 1 heterocycles. The normalized spacial score (nSPS) is 10.9. The van der Waals surface area contributed by atoms with Crippen LogP contribution in [0.1, 0.15) is 17.7 Å². The van der Waals surface area contributed by atoms with Crippen LogP contribution >= 0.6 is 0 Å². The maximum Gasteiger partial charge on any atom is 0.134 e. The summed E-state index contributed by atoms with van der Waals surface area (Å²) in [5.74, 6) is 1.04. The van der Waals surface area contributed by atoms with Crippen LogP contribution in [0.2, 0.25) is 0 Å². The first-order chi connectivity index (χ1) is 13.2. The van der Waals surface area contributed by atoms with Gasteiger partial charge in [-0.05, 0) is 48.2 Å². The monoisotopic (exact) mass is 353 g/mol. The molecule has 1 N–H and O–H groups in total. The highest BCUT2D eigenvalue weighted by molar-refractivity contribution is 5.81. The van der Waals surface area contributed by atoms with Gasteiger partial charge in [0.25, 0.3) is 0 Å². The average Bonchev–Trinajstić information content (AvgIpc) is 3.04. The van der Waals surface area contributed by atoms with E-state index in [1.807, 2.05) is 24.3 Å². The number of allylic oxidation sites excluding steroid dienone is 1. The summed E-state index contributed by atoms with van der Waals surface area (Å²) in [4.78, 5) is 0. The molecule has 0 atom stereocenters. The number of fused-ring (bicyclic) bond motifs is 1. The number of rotatable bonds is 6. The summed E-state index contributed by atoms with van der Waals surface area (Å²) in [6.45, 7) is 6.30. The van der Waals surface area contributed by atoms with E-state index < -0.39 is 0 Å². The lowest BCUT2D eigenvalue weighted by molar-refractivity contribution is 0.543. The van der Waals surface area contributed by atoms with Crippen LogP contribution in [-0.4, -0.2) is 0 Å². The van der Waals surface area contributed by atoms with E-state index in [2.05, 4.69) is 73.4 Å². The molecule has 0 aliphatic heterocycles. The molecule has 0 radical (unpaired) electrons. The van der Waals surface area contributed by atoms with Crippen molar-refractivity contribution in [2.75, 3.05) is 5.32 Å². The second-order valence-electron chi connectivity index (χ2n) is 6.82. The van der Waals surface area contributed by atoms with E-state index in [9.17, 15) is 0 Å². The van der Waals surface area contributed by atoms with Crippen LogP contribution in [0.15, 0.2) is 95.6 Å². The summed E-state index contributed by atoms with van der Waals surface area (Å²) in [5.41, 5.74) is 6.67. The lowest BCUT2D eigenvalue weighted by Gasteiger charge is -2.10. The molecule has 2 heteroatoms. The van der Waals surface area contributed by atoms with Crippen LogP contribution in [0.5, 0.6) is 0 Å². The highest BCUT2D eigenvalue weighted by Crippen LogP contribution is 2.27. The maximum atomic E-state index is 6.00. The van der Waals surface area contributed by atoms with Crippen LogP contribution in [0, 0.1) is 6.92 Å². The Morgan fingerprint density at radius 2 is 1.52 bits per heavy atom. The first kappa shape index (κ1) is 17.2. The molecular formula is C25H23NO. The van der Waals surface area contributed by atoms with Crippen molar-refractivity contribution in [3.05, 3.63) is 102 Å². The van der Waals surface area contributed by atoms with Gasteiger partial charge in [0.05, 0.1) is 0 Å². The van der Waals surface area contributed by atoms with Crippen molar-refractivity contribution in [1.29, 1.82) is 0 Å². The van der Waals surface area contributed by atoms with Crippen molar-refractivity contribution >= 4 is 16.7 Å². The third-order valence-electron chi connectivity index (χ3n) is 4.91. The number of aryl methyl sites for hydroxylation is 2. The standard InChI is InChI=1S/C25H23NO/c1-18(12-17-24-19(2)23-10-6-7-11-25(23)27-24)26-22-15-13-21(14-16-22)20-8-4-3-5-9-20/h3-11,13-16,26H,1,12,17H2,2H3. The van der Waals surface area contributed by atoms with Gasteiger partial charge in [-0.2, -0.15) is 0 Å². The zero-order valence-electron chi connectivity index (χ0n) is 15.5. The first-order valence-electron chi connectivity index (χ1n) is 9.28. The summed E-state index contributed by atoms with van der Waals surface area (Å²) < 4.78 is 6.00. The van der Waals surface area contributed by atoms with Gasteiger partial charge in [-0.3, -0.25) is 0 Å². The van der Waals surface area contributed by atoms with Crippen molar-refractivity contribution in [3.63, 3.8) is 0 Å². The molecule has 0 aliphatic rings. The summed E-state index contributed by atoms with van der Waals surface area (Å²) in [6.07, 6.45) is 1.68. The lowest BCUT2D eigenvalue weighted by atomic mass is 10.1. The number of hydrogen-bond donors (Lipinski definition) is 1. The number of furan rings is 1. The predicted molar refractivity (Wildman–Crippen MR) is 114 cm³/mol. The number of para-hydroxylation sites is 1. The van der Waals surface area contributed by atoms with Gasteiger partial charge in [0, 0.05) is 23.2 Å². The second-order valence-corrected chi connectivity index (χ2v) is 6.82. The van der Waals surface area contributed by atoms with Gasteiger partial charge >= 0.3 is 0 Å². The van der Waals surface area contributed by atoms with Gasteiger partial charge < -0.3 is 9.73 Å². The molecule has 4 aromatic rings. The molecule has 0 saturated heterocycles. The van der Waals surface area contributed by atoms with Gasteiger partial charge in [0.1, 0.15) is 11.3 Å². The lowest BCUT2D eigenvalue weighted by Crippen LogP contribution is -2.00. The van der Waals surface area contributed by atoms with Gasteiger partial charge in [-0.15, -0.1) is 0 Å². The molecule has 1 aromatic heterocycles. The highest BCUT2D eigenvalue weighted by atomic mass is 16.3. The fraction of sp³-hybridized carbons (Fsp3) is 0.120. The molecule has 3 aromatic carbocycles. The molecule has 0 fully saturated rings. The molecule has 0 aliphatic carbocycles. The van der Waals surface area contributed by atoms with E-state index in [-0.39, 0.29) is 0 Å². The number of hydrogen-bond acceptors (Lipinski definition) is 2. The Kier molecular flexibility index (Phi) is 4.80. The Labute approximate surface area is 160 Å². The van der Waals surface area contributed by atoms with Crippen molar-refractivity contribution in [3.8, 4) is 11.1 Å². The second kappa shape index (κ2) is 7.55. The Bertz CT molecular complexity index is 1060. The molecule has 0 bridgehead atoms. The highest BCUT2D eigenvalue weighted by Gasteiger charge is 2.10. The maximum absolute atomic E-state index is 6.00. The zero-order chi connectivity index (χ0) is 18.6. The Morgan fingerprint density at radius 3 is 2.26 bits per heavy atom. The number of anilines is 1. The van der Waals surface area contributed by atoms with E-state index in [4.69, 9.17) is 4.42 Å². The minimum absolute atomic E-state index is 0.834. The molecule has 0 saturated carbocycles. The number of nitrogens with one attached hydrogen (secondary N) is 1. The summed E-state index contributed by atoms with van der Waals surface area (Å²) in [5, 5.41) is 4.60. The van der Waals surface area contributed by atoms with Crippen molar-refractivity contribution < 1.29 is 4.42 Å². The quantitative estimate of drug-likeness (QED) is 0.405. The van der Waals surface area contributed by atoms with Gasteiger partial charge in [-0.25, -0.2) is 0 Å². The van der Waals surface area contributed by atoms with Gasteiger partial charge in [-0.1, -0.05) is 67.2 Å². The van der Waals surface area contributed by atoms with E-state index in [1.165, 1.54) is 22.1 Å². The third kappa shape index (κ3) is 3.80. The van der Waals surface area contributed by atoms with Gasteiger partial charge in [0.2, 0.25) is 0 Å². The topological polar surface area (TPSA) is 25.2 Å². The van der Waals surface area contributed by atoms with Crippen LogP contribution in [-0.2, 0) is 6.42 Å². The Balaban J connectivity index is 1.38. The van der Waals surface area contributed by atoms with Crippen LogP contribution in [0.25, 0.3) is 22.1 Å². The molecule has 0 unspecified atom stereocenters. The van der Waals surface area contributed by atoms with Crippen LogP contribution < -0.4 is 5.32 Å². The van der Waals surface area contributed by atoms with Gasteiger partial charge in [0.15, 0.2) is 0 Å². The first-order valence-corrected chi connectivity index (χ1v) is 9.28. The van der Waals surface area contributed by atoms with E-state index >= 15 is 0 Å². The fourth-order valence-corrected chi connectivity index (χ4v) is 3.37. The number of benzene rings is 3. The van der Waals surface area contributed by atoms with Crippen LogP contribution in [0.4, 0.5) is 5.69 Å². The van der Waals surface area contributed by atoms with Crippen molar-refractivity contribution in [1.82, 2.24) is 0 Å². The summed E-state index contributed by atoms with van der Waals surface area (Å²) >= 11 is 0. The largest absolute Gasteiger partial charge is 0.461 e. The zero-order valence-corrected chi connectivity index (χ0v) is 15.5. The predicted octanol–water partition coefficient (Wildman–Crippen LogP) is 6.97. The summed E-state index contributed by atoms with van der Waals surface area (Å²) in [6, 6.07) is 27.0. The molecular weight excluding hydrogens is 330 g/mol. The molecule has 134 valence electrons. The third-order valence-corrected chi connectivity index (χ3v) is 4.91. The van der Waals surface area contributed by atoms with E-state index in [0.29, 0.717) is 0 Å². The van der Waals surface area contributed by atoms with Crippen molar-refractivity contribution in [2.45, 2.75) is 19.8 Å². The van der Waals surface area contributed by atoms with E-state index in [0.717, 1.165) is 35.6 Å².